The van der Waals surface area contributed by atoms with Crippen molar-refractivity contribution in [1.29, 1.82) is 0 Å². The first kappa shape index (κ1) is 24.8. The monoisotopic (exact) mass is 528 g/mol. The van der Waals surface area contributed by atoms with Gasteiger partial charge in [-0.3, -0.25) is 4.79 Å². The van der Waals surface area contributed by atoms with E-state index in [0.29, 0.717) is 18.7 Å². The normalized spacial score (nSPS) is 17.9. The summed E-state index contributed by atoms with van der Waals surface area (Å²) in [5.74, 6) is 2.12. The van der Waals surface area contributed by atoms with Crippen molar-refractivity contribution in [2.45, 2.75) is 71.6 Å². The minimum atomic E-state index is 0. The first-order valence-electron chi connectivity index (χ1n) is 11.1. The number of amides is 1. The van der Waals surface area contributed by atoms with Gasteiger partial charge in [-0.1, -0.05) is 32.0 Å². The number of benzene rings is 1. The van der Waals surface area contributed by atoms with E-state index in [1.165, 1.54) is 6.42 Å². The van der Waals surface area contributed by atoms with Crippen LogP contribution in [0.15, 0.2) is 29.3 Å². The Balaban J connectivity index is 0.00000320. The van der Waals surface area contributed by atoms with Crippen LogP contribution in [0, 0.1) is 5.92 Å². The Morgan fingerprint density at radius 2 is 1.90 bits per heavy atom. The quantitative estimate of drug-likeness (QED) is 0.320. The van der Waals surface area contributed by atoms with Gasteiger partial charge in [-0.25, -0.2) is 4.99 Å². The molecule has 2 fully saturated rings. The number of para-hydroxylation sites is 1. The molecule has 0 bridgehead atoms. The van der Waals surface area contributed by atoms with Gasteiger partial charge in [0.2, 0.25) is 5.91 Å². The van der Waals surface area contributed by atoms with Crippen LogP contribution in [0.25, 0.3) is 0 Å². The molecule has 6 nitrogen and oxygen atoms in total. The van der Waals surface area contributed by atoms with E-state index in [-0.39, 0.29) is 35.8 Å². The molecule has 2 aliphatic rings. The summed E-state index contributed by atoms with van der Waals surface area (Å²) in [4.78, 5) is 19.0. The number of guanidine groups is 1. The number of aliphatic imine (C=N–C) groups is 1. The van der Waals surface area contributed by atoms with E-state index in [2.05, 4.69) is 23.6 Å². The number of piperidine rings is 1. The highest BCUT2D eigenvalue weighted by Crippen LogP contribution is 2.28. The lowest BCUT2D eigenvalue weighted by molar-refractivity contribution is -0.135. The van der Waals surface area contributed by atoms with Gasteiger partial charge in [0, 0.05) is 37.2 Å². The number of hydrogen-bond acceptors (Lipinski definition) is 3. The molecular weight excluding hydrogens is 491 g/mol. The maximum atomic E-state index is 12.2. The highest BCUT2D eigenvalue weighted by atomic mass is 127. The summed E-state index contributed by atoms with van der Waals surface area (Å²) < 4.78 is 6.13. The number of hydrogen-bond donors (Lipinski definition) is 2. The lowest BCUT2D eigenvalue weighted by atomic mass is 9.96. The molecule has 0 spiro atoms. The number of nitrogens with zero attached hydrogens (tertiary/aromatic N) is 2. The molecule has 1 amide bonds. The molecule has 1 aliphatic heterocycles. The predicted octanol–water partition coefficient (Wildman–Crippen LogP) is 3.94. The van der Waals surface area contributed by atoms with Crippen LogP contribution >= 0.6 is 24.0 Å². The third-order valence-electron chi connectivity index (χ3n) is 5.71. The summed E-state index contributed by atoms with van der Waals surface area (Å²) in [6, 6.07) is 8.55. The number of ether oxygens (including phenoxy) is 1. The number of halogens is 1. The van der Waals surface area contributed by atoms with Crippen LogP contribution in [0.3, 0.4) is 0 Å². The van der Waals surface area contributed by atoms with Crippen LogP contribution in [-0.2, 0) is 11.3 Å². The Kier molecular flexibility index (Phi) is 10.2. The molecule has 1 heterocycles. The van der Waals surface area contributed by atoms with Gasteiger partial charge < -0.3 is 20.3 Å². The molecule has 30 heavy (non-hydrogen) atoms. The van der Waals surface area contributed by atoms with Crippen molar-refractivity contribution in [3.8, 4) is 5.75 Å². The van der Waals surface area contributed by atoms with Crippen molar-refractivity contribution < 1.29 is 9.53 Å². The molecule has 1 aromatic carbocycles. The summed E-state index contributed by atoms with van der Waals surface area (Å²) in [5.41, 5.74) is 1.12. The topological polar surface area (TPSA) is 66.0 Å². The van der Waals surface area contributed by atoms with Crippen molar-refractivity contribution in [1.82, 2.24) is 15.5 Å². The molecule has 3 rings (SSSR count). The molecule has 2 N–H and O–H groups in total. The van der Waals surface area contributed by atoms with Gasteiger partial charge in [0.25, 0.3) is 0 Å². The second-order valence-electron chi connectivity index (χ2n) is 8.37. The molecular formula is C23H37IN4O2. The molecule has 1 aliphatic carbocycles. The third-order valence-corrected chi connectivity index (χ3v) is 5.71. The highest BCUT2D eigenvalue weighted by Gasteiger charge is 2.25. The number of rotatable bonds is 7. The van der Waals surface area contributed by atoms with Gasteiger partial charge in [-0.2, -0.15) is 0 Å². The number of likely N-dealkylation sites (tertiary alicyclic amines) is 1. The largest absolute Gasteiger partial charge is 0.490 e. The van der Waals surface area contributed by atoms with Crippen LogP contribution < -0.4 is 15.4 Å². The Hall–Kier alpha value is -1.51. The van der Waals surface area contributed by atoms with E-state index in [4.69, 9.17) is 9.73 Å². The smallest absolute Gasteiger partial charge is 0.225 e. The zero-order chi connectivity index (χ0) is 20.6. The van der Waals surface area contributed by atoms with E-state index < -0.39 is 0 Å². The SMILES string of the molecule is CCNC(=NCc1ccccc1OC1CCC1)NC1CCN(C(=O)C(C)C)CC1.I. The Bertz CT molecular complexity index is 698. The van der Waals surface area contributed by atoms with Crippen LogP contribution in [0.1, 0.15) is 58.4 Å². The van der Waals surface area contributed by atoms with Gasteiger partial charge in [0.1, 0.15) is 5.75 Å². The van der Waals surface area contributed by atoms with Crippen LogP contribution in [-0.4, -0.2) is 48.5 Å². The summed E-state index contributed by atoms with van der Waals surface area (Å²) in [5, 5.41) is 6.91. The van der Waals surface area contributed by atoms with Crippen LogP contribution in [0.4, 0.5) is 0 Å². The average molecular weight is 528 g/mol. The standard InChI is InChI=1S/C23H36N4O2.HI/c1-4-24-23(26-19-12-14-27(15-13-19)22(28)17(2)3)25-16-18-8-5-6-11-21(18)29-20-9-7-10-20;/h5-6,8,11,17,19-20H,4,7,9-10,12-16H2,1-3H3,(H2,24,25,26);1H. The summed E-state index contributed by atoms with van der Waals surface area (Å²) >= 11 is 0. The van der Waals surface area contributed by atoms with Gasteiger partial charge in [0.05, 0.1) is 12.6 Å². The van der Waals surface area contributed by atoms with E-state index in [1.807, 2.05) is 36.9 Å². The fraction of sp³-hybridized carbons (Fsp3) is 0.652. The maximum absolute atomic E-state index is 12.2. The minimum Gasteiger partial charge on any atom is -0.490 e. The number of carbonyl (C=O) groups excluding carboxylic acids is 1. The zero-order valence-corrected chi connectivity index (χ0v) is 20.9. The van der Waals surface area contributed by atoms with E-state index >= 15 is 0 Å². The van der Waals surface area contributed by atoms with Gasteiger partial charge >= 0.3 is 0 Å². The average Bonchev–Trinajstić information content (AvgIpc) is 2.69. The Morgan fingerprint density at radius 3 is 2.50 bits per heavy atom. The lowest BCUT2D eigenvalue weighted by Gasteiger charge is -2.34. The molecule has 7 heteroatoms. The fourth-order valence-corrected chi connectivity index (χ4v) is 3.70. The molecule has 1 saturated heterocycles. The Morgan fingerprint density at radius 1 is 1.20 bits per heavy atom. The highest BCUT2D eigenvalue weighted by molar-refractivity contribution is 14.0. The van der Waals surface area contributed by atoms with Crippen molar-refractivity contribution in [2.24, 2.45) is 10.9 Å². The van der Waals surface area contributed by atoms with Crippen LogP contribution in [0.5, 0.6) is 5.75 Å². The summed E-state index contributed by atoms with van der Waals surface area (Å²) in [7, 11) is 0. The van der Waals surface area contributed by atoms with Crippen molar-refractivity contribution in [2.75, 3.05) is 19.6 Å². The van der Waals surface area contributed by atoms with E-state index in [1.54, 1.807) is 0 Å². The zero-order valence-electron chi connectivity index (χ0n) is 18.5. The van der Waals surface area contributed by atoms with Gasteiger partial charge in [-0.15, -0.1) is 24.0 Å². The van der Waals surface area contributed by atoms with Crippen molar-refractivity contribution in [3.05, 3.63) is 29.8 Å². The van der Waals surface area contributed by atoms with Crippen molar-refractivity contribution >= 4 is 35.8 Å². The predicted molar refractivity (Wildman–Crippen MR) is 133 cm³/mol. The molecule has 0 aromatic heterocycles. The van der Waals surface area contributed by atoms with Gasteiger partial charge in [-0.05, 0) is 45.1 Å². The number of nitrogens with one attached hydrogen (secondary N) is 2. The van der Waals surface area contributed by atoms with Crippen molar-refractivity contribution in [3.63, 3.8) is 0 Å². The van der Waals surface area contributed by atoms with E-state index in [9.17, 15) is 4.79 Å². The molecule has 0 atom stereocenters. The molecule has 1 saturated carbocycles. The second kappa shape index (κ2) is 12.4. The first-order valence-corrected chi connectivity index (χ1v) is 11.1. The fourth-order valence-electron chi connectivity index (χ4n) is 3.70. The molecule has 0 unspecified atom stereocenters. The second-order valence-corrected chi connectivity index (χ2v) is 8.37. The molecule has 168 valence electrons. The molecule has 1 aromatic rings. The minimum absolute atomic E-state index is 0. The van der Waals surface area contributed by atoms with E-state index in [0.717, 1.165) is 62.6 Å². The van der Waals surface area contributed by atoms with Crippen LogP contribution in [0.2, 0.25) is 0 Å². The summed E-state index contributed by atoms with van der Waals surface area (Å²) in [6.07, 6.45) is 5.83. The lowest BCUT2D eigenvalue weighted by Crippen LogP contribution is -2.50. The Labute approximate surface area is 198 Å². The first-order chi connectivity index (χ1) is 14.1. The third kappa shape index (κ3) is 7.03. The maximum Gasteiger partial charge on any atom is 0.225 e. The summed E-state index contributed by atoms with van der Waals surface area (Å²) in [6.45, 7) is 9.04. The van der Waals surface area contributed by atoms with Gasteiger partial charge in [0.15, 0.2) is 5.96 Å². The molecule has 0 radical (unpaired) electrons. The number of carbonyl (C=O) groups is 1.